The number of fused-ring (bicyclic) bond motifs is 1. The van der Waals surface area contributed by atoms with Crippen molar-refractivity contribution >= 4 is 23.0 Å². The summed E-state index contributed by atoms with van der Waals surface area (Å²) in [7, 11) is 3.53. The van der Waals surface area contributed by atoms with Crippen molar-refractivity contribution in [3.05, 3.63) is 71.0 Å². The summed E-state index contributed by atoms with van der Waals surface area (Å²) in [4.78, 5) is 10.9. The zero-order chi connectivity index (χ0) is 14.8. The van der Waals surface area contributed by atoms with E-state index in [-0.39, 0.29) is 0 Å². The molecular weight excluding hydrogens is 286 g/mol. The van der Waals surface area contributed by atoms with Gasteiger partial charge in [-0.3, -0.25) is 0 Å². The van der Waals surface area contributed by atoms with Gasteiger partial charge in [0.1, 0.15) is 10.8 Å². The molecule has 0 atom stereocenters. The minimum absolute atomic E-state index is 0.437. The fraction of sp³-hybridized carbons (Fsp3) is 0.125. The van der Waals surface area contributed by atoms with E-state index >= 15 is 0 Å². The fourth-order valence-electron chi connectivity index (χ4n) is 2.26. The van der Waals surface area contributed by atoms with Crippen molar-refractivity contribution in [1.29, 1.82) is 0 Å². The van der Waals surface area contributed by atoms with Crippen LogP contribution in [0.15, 0.2) is 59.5 Å². The molecule has 1 aromatic carbocycles. The average molecular weight is 300 g/mol. The molecule has 2 heterocycles. The van der Waals surface area contributed by atoms with E-state index in [1.807, 2.05) is 48.3 Å². The van der Waals surface area contributed by atoms with Crippen molar-refractivity contribution in [2.45, 2.75) is 0 Å². The quantitative estimate of drug-likeness (QED) is 0.797. The first-order chi connectivity index (χ1) is 10.2. The molecule has 2 aromatic rings. The van der Waals surface area contributed by atoms with Crippen molar-refractivity contribution in [2.75, 3.05) is 19.1 Å². The van der Waals surface area contributed by atoms with Crippen LogP contribution in [0.1, 0.15) is 11.3 Å². The lowest BCUT2D eigenvalue weighted by Crippen LogP contribution is -2.19. The smallest absolute Gasteiger partial charge is 0.212 e. The Bertz CT molecular complexity index is 726. The zero-order valence-electron chi connectivity index (χ0n) is 11.7. The van der Waals surface area contributed by atoms with Crippen molar-refractivity contribution < 1.29 is 4.74 Å². The number of rotatable bonds is 2. The van der Waals surface area contributed by atoms with Gasteiger partial charge in [0.15, 0.2) is 0 Å². The number of ether oxygens (including phenoxy) is 1. The van der Waals surface area contributed by atoms with Crippen molar-refractivity contribution in [1.82, 2.24) is 4.98 Å². The Balaban J connectivity index is 2.24. The molecule has 0 aliphatic carbocycles. The lowest BCUT2D eigenvalue weighted by molar-refractivity contribution is 0.282. The lowest BCUT2D eigenvalue weighted by Gasteiger charge is -2.21. The Hall–Kier alpha value is -2.33. The summed E-state index contributed by atoms with van der Waals surface area (Å²) in [6, 6.07) is 13.6. The van der Waals surface area contributed by atoms with E-state index in [1.165, 1.54) is 0 Å². The van der Waals surface area contributed by atoms with Crippen LogP contribution in [0.4, 0.5) is 5.69 Å². The van der Waals surface area contributed by atoms with Gasteiger partial charge in [-0.25, -0.2) is 9.98 Å². The van der Waals surface area contributed by atoms with Gasteiger partial charge in [0.05, 0.1) is 24.7 Å². The molecule has 1 aliphatic heterocycles. The van der Waals surface area contributed by atoms with Crippen molar-refractivity contribution in [3.8, 4) is 0 Å². The molecule has 0 saturated heterocycles. The third kappa shape index (κ3) is 2.50. The highest BCUT2D eigenvalue weighted by Gasteiger charge is 2.21. The van der Waals surface area contributed by atoms with Crippen LogP contribution < -0.4 is 4.90 Å². The molecule has 0 bridgehead atoms. The Morgan fingerprint density at radius 3 is 2.57 bits per heavy atom. The van der Waals surface area contributed by atoms with Crippen molar-refractivity contribution in [2.24, 2.45) is 4.99 Å². The lowest BCUT2D eigenvalue weighted by atomic mass is 10.1. The summed E-state index contributed by atoms with van der Waals surface area (Å²) in [6.07, 6.45) is 1.69. The molecular formula is C16H14ClN3O. The fourth-order valence-corrected chi connectivity index (χ4v) is 2.40. The molecule has 0 fully saturated rings. The van der Waals surface area contributed by atoms with Gasteiger partial charge in [0.25, 0.3) is 0 Å². The topological polar surface area (TPSA) is 37.7 Å². The Morgan fingerprint density at radius 1 is 1.10 bits per heavy atom. The number of hydrogen-bond donors (Lipinski definition) is 0. The third-order valence-electron chi connectivity index (χ3n) is 3.32. The van der Waals surface area contributed by atoms with E-state index in [1.54, 1.807) is 19.4 Å². The first-order valence-corrected chi connectivity index (χ1v) is 6.86. The highest BCUT2D eigenvalue weighted by molar-refractivity contribution is 6.30. The van der Waals surface area contributed by atoms with Gasteiger partial charge in [-0.1, -0.05) is 41.9 Å². The summed E-state index contributed by atoms with van der Waals surface area (Å²) in [6.45, 7) is 0. The maximum absolute atomic E-state index is 6.07. The number of benzene rings is 1. The van der Waals surface area contributed by atoms with Gasteiger partial charge in [-0.2, -0.15) is 0 Å². The second-order valence-corrected chi connectivity index (χ2v) is 4.96. The number of halogens is 1. The second kappa shape index (κ2) is 5.58. The standard InChI is InChI=1S/C16H14ClN3O/c1-20-12-8-9-13(17)19-16(12)15(18-10-14(20)21-2)11-6-4-3-5-7-11/h3-10H,1-2H3. The van der Waals surface area contributed by atoms with Gasteiger partial charge < -0.3 is 9.64 Å². The molecule has 106 valence electrons. The molecule has 0 amide bonds. The van der Waals surface area contributed by atoms with Gasteiger partial charge in [-0.15, -0.1) is 0 Å². The maximum Gasteiger partial charge on any atom is 0.212 e. The SMILES string of the molecule is COC1=CN=C(c2ccccc2)c2nc(Cl)ccc2N1C. The van der Waals surface area contributed by atoms with Gasteiger partial charge >= 0.3 is 0 Å². The highest BCUT2D eigenvalue weighted by Crippen LogP contribution is 2.28. The molecule has 3 rings (SSSR count). The third-order valence-corrected chi connectivity index (χ3v) is 3.53. The largest absolute Gasteiger partial charge is 0.481 e. The number of pyridine rings is 1. The summed E-state index contributed by atoms with van der Waals surface area (Å²) < 4.78 is 5.37. The van der Waals surface area contributed by atoms with E-state index in [2.05, 4.69) is 9.98 Å². The average Bonchev–Trinajstić information content (AvgIpc) is 2.65. The van der Waals surface area contributed by atoms with Crippen LogP contribution >= 0.6 is 11.6 Å². The van der Waals surface area contributed by atoms with Crippen molar-refractivity contribution in [3.63, 3.8) is 0 Å². The predicted molar refractivity (Wildman–Crippen MR) is 84.8 cm³/mol. The minimum Gasteiger partial charge on any atom is -0.481 e. The monoisotopic (exact) mass is 299 g/mol. The molecule has 0 spiro atoms. The molecule has 1 aromatic heterocycles. The van der Waals surface area contributed by atoms with Gasteiger partial charge in [0, 0.05) is 12.6 Å². The minimum atomic E-state index is 0.437. The van der Waals surface area contributed by atoms with E-state index in [0.29, 0.717) is 11.0 Å². The predicted octanol–water partition coefficient (Wildman–Crippen LogP) is 3.47. The number of hydrogen-bond acceptors (Lipinski definition) is 4. The maximum atomic E-state index is 6.07. The first-order valence-electron chi connectivity index (χ1n) is 6.48. The van der Waals surface area contributed by atoms with E-state index < -0.39 is 0 Å². The van der Waals surface area contributed by atoms with E-state index in [9.17, 15) is 0 Å². The number of aromatic nitrogens is 1. The van der Waals surface area contributed by atoms with E-state index in [0.717, 1.165) is 22.7 Å². The van der Waals surface area contributed by atoms with E-state index in [4.69, 9.17) is 16.3 Å². The summed E-state index contributed by atoms with van der Waals surface area (Å²) in [5.41, 5.74) is 3.38. The Kier molecular flexibility index (Phi) is 3.62. The van der Waals surface area contributed by atoms with Crippen LogP contribution in [0.2, 0.25) is 5.15 Å². The molecule has 21 heavy (non-hydrogen) atoms. The molecule has 5 heteroatoms. The van der Waals surface area contributed by atoms with Crippen LogP contribution in [0.5, 0.6) is 0 Å². The summed E-state index contributed by atoms with van der Waals surface area (Å²) >= 11 is 6.07. The van der Waals surface area contributed by atoms with Gasteiger partial charge in [0.2, 0.25) is 5.88 Å². The number of methoxy groups -OCH3 is 1. The first kappa shape index (κ1) is 13.6. The highest BCUT2D eigenvalue weighted by atomic mass is 35.5. The van der Waals surface area contributed by atoms with Gasteiger partial charge in [-0.05, 0) is 12.1 Å². The number of aliphatic imine (C=N–C) groups is 1. The zero-order valence-corrected chi connectivity index (χ0v) is 12.5. The van der Waals surface area contributed by atoms with Crippen LogP contribution in [0.3, 0.4) is 0 Å². The second-order valence-electron chi connectivity index (χ2n) is 4.58. The van der Waals surface area contributed by atoms with Crippen LogP contribution in [-0.2, 0) is 4.74 Å². The molecule has 0 saturated carbocycles. The normalized spacial score (nSPS) is 14.0. The Labute approximate surface area is 128 Å². The molecule has 1 aliphatic rings. The molecule has 0 unspecified atom stereocenters. The molecule has 0 radical (unpaired) electrons. The van der Waals surface area contributed by atoms with Crippen LogP contribution in [-0.4, -0.2) is 24.9 Å². The number of anilines is 1. The summed E-state index contributed by atoms with van der Waals surface area (Å²) in [5, 5.41) is 0.437. The Morgan fingerprint density at radius 2 is 1.86 bits per heavy atom. The molecule has 4 nitrogen and oxygen atoms in total. The number of nitrogens with zero attached hydrogens (tertiary/aromatic N) is 3. The van der Waals surface area contributed by atoms with Crippen LogP contribution in [0, 0.1) is 0 Å². The summed E-state index contributed by atoms with van der Waals surface area (Å²) in [5.74, 6) is 0.645. The molecule has 0 N–H and O–H groups in total. The van der Waals surface area contributed by atoms with Crippen LogP contribution in [0.25, 0.3) is 0 Å².